The van der Waals surface area contributed by atoms with E-state index in [9.17, 15) is 14.9 Å². The van der Waals surface area contributed by atoms with Crippen molar-refractivity contribution >= 4 is 28.3 Å². The Kier molecular flexibility index (Phi) is 4.83. The predicted octanol–water partition coefficient (Wildman–Crippen LogP) is 2.63. The summed E-state index contributed by atoms with van der Waals surface area (Å²) in [6.45, 7) is 0.585. The number of hydrogen-bond donors (Lipinski definition) is 2. The van der Waals surface area contributed by atoms with Crippen LogP contribution in [0.1, 0.15) is 22.6 Å². The van der Waals surface area contributed by atoms with Crippen LogP contribution in [0.15, 0.2) is 42.5 Å². The first-order valence-corrected chi connectivity index (χ1v) is 8.20. The number of nitro benzene ring substituents is 1. The van der Waals surface area contributed by atoms with E-state index in [0.717, 1.165) is 29.7 Å². The molecule has 0 spiro atoms. The smallest absolute Gasteiger partial charge is 0.270 e. The number of hydrogen-bond acceptors (Lipinski definition) is 5. The predicted molar refractivity (Wildman–Crippen MR) is 99.1 cm³/mol. The van der Waals surface area contributed by atoms with E-state index in [-0.39, 0.29) is 11.3 Å². The number of aromatic nitrogens is 2. The van der Waals surface area contributed by atoms with Gasteiger partial charge in [0.2, 0.25) is 0 Å². The van der Waals surface area contributed by atoms with E-state index in [2.05, 4.69) is 14.9 Å². The van der Waals surface area contributed by atoms with Gasteiger partial charge in [0.1, 0.15) is 5.82 Å². The number of primary amides is 1. The van der Waals surface area contributed by atoms with Crippen molar-refractivity contribution < 1.29 is 9.72 Å². The Balaban J connectivity index is 1.65. The summed E-state index contributed by atoms with van der Waals surface area (Å²) in [6, 6.07) is 12.0. The molecule has 0 aliphatic carbocycles. The van der Waals surface area contributed by atoms with Crippen LogP contribution < -0.4 is 11.1 Å². The standard InChI is InChI=1S/C18H19N5O3/c1-22-16-6-3-2-5-15(16)21-17(22)7-4-10-20-14-9-8-12(23(25)26)11-13(14)18(19)24/h2-3,5-6,8-9,11,20H,4,7,10H2,1H3,(H2,19,24). The van der Waals surface area contributed by atoms with E-state index in [1.807, 2.05) is 31.3 Å². The van der Waals surface area contributed by atoms with Crippen LogP contribution in [-0.4, -0.2) is 26.9 Å². The Bertz CT molecular complexity index is 980. The van der Waals surface area contributed by atoms with Crippen molar-refractivity contribution in [2.24, 2.45) is 12.8 Å². The summed E-state index contributed by atoms with van der Waals surface area (Å²) in [6.07, 6.45) is 1.55. The summed E-state index contributed by atoms with van der Waals surface area (Å²) in [5, 5.41) is 14.0. The molecule has 0 radical (unpaired) electrons. The maximum absolute atomic E-state index is 11.5. The zero-order valence-electron chi connectivity index (χ0n) is 14.3. The van der Waals surface area contributed by atoms with E-state index in [4.69, 9.17) is 5.73 Å². The number of aryl methyl sites for hydroxylation is 2. The summed E-state index contributed by atoms with van der Waals surface area (Å²) in [4.78, 5) is 26.4. The quantitative estimate of drug-likeness (QED) is 0.385. The highest BCUT2D eigenvalue weighted by Crippen LogP contribution is 2.22. The van der Waals surface area contributed by atoms with Crippen LogP contribution in [0.2, 0.25) is 0 Å². The first-order chi connectivity index (χ1) is 12.5. The number of fused-ring (bicyclic) bond motifs is 1. The van der Waals surface area contributed by atoms with Crippen LogP contribution in [0.5, 0.6) is 0 Å². The van der Waals surface area contributed by atoms with Gasteiger partial charge in [0.15, 0.2) is 0 Å². The number of para-hydroxylation sites is 2. The Hall–Kier alpha value is -3.42. The van der Waals surface area contributed by atoms with Gasteiger partial charge in [-0.3, -0.25) is 14.9 Å². The summed E-state index contributed by atoms with van der Waals surface area (Å²) in [5.41, 5.74) is 7.82. The van der Waals surface area contributed by atoms with Gasteiger partial charge in [-0.15, -0.1) is 0 Å². The fraction of sp³-hybridized carbons (Fsp3) is 0.222. The molecule has 0 bridgehead atoms. The number of benzene rings is 2. The number of carbonyl (C=O) groups is 1. The number of imidazole rings is 1. The Labute approximate surface area is 149 Å². The zero-order valence-corrected chi connectivity index (χ0v) is 14.3. The SMILES string of the molecule is Cn1c(CCCNc2ccc([N+](=O)[O-])cc2C(N)=O)nc2ccccc21. The molecule has 0 aliphatic heterocycles. The molecule has 0 aliphatic rings. The number of rotatable bonds is 7. The van der Waals surface area contributed by atoms with E-state index in [0.29, 0.717) is 12.2 Å². The van der Waals surface area contributed by atoms with Gasteiger partial charge in [-0.05, 0) is 24.6 Å². The average molecular weight is 353 g/mol. The highest BCUT2D eigenvalue weighted by atomic mass is 16.6. The molecule has 1 heterocycles. The molecular formula is C18H19N5O3. The second-order valence-corrected chi connectivity index (χ2v) is 5.96. The average Bonchev–Trinajstić information content (AvgIpc) is 2.95. The van der Waals surface area contributed by atoms with Crippen molar-refractivity contribution in [3.8, 4) is 0 Å². The maximum Gasteiger partial charge on any atom is 0.270 e. The second-order valence-electron chi connectivity index (χ2n) is 5.96. The Morgan fingerprint density at radius 3 is 2.77 bits per heavy atom. The van der Waals surface area contributed by atoms with Crippen LogP contribution in [0.25, 0.3) is 11.0 Å². The third kappa shape index (κ3) is 3.49. The molecule has 2 aromatic carbocycles. The van der Waals surface area contributed by atoms with Crippen LogP contribution in [0.4, 0.5) is 11.4 Å². The zero-order chi connectivity index (χ0) is 18.7. The molecule has 1 amide bonds. The third-order valence-electron chi connectivity index (χ3n) is 4.25. The van der Waals surface area contributed by atoms with E-state index >= 15 is 0 Å². The fourth-order valence-electron chi connectivity index (χ4n) is 2.89. The van der Waals surface area contributed by atoms with Crippen molar-refractivity contribution in [2.75, 3.05) is 11.9 Å². The Morgan fingerprint density at radius 1 is 1.31 bits per heavy atom. The van der Waals surface area contributed by atoms with Crippen LogP contribution in [-0.2, 0) is 13.5 Å². The van der Waals surface area contributed by atoms with Gasteiger partial charge >= 0.3 is 0 Å². The van der Waals surface area contributed by atoms with Gasteiger partial charge < -0.3 is 15.6 Å². The summed E-state index contributed by atoms with van der Waals surface area (Å²) in [7, 11) is 1.99. The van der Waals surface area contributed by atoms with Crippen LogP contribution >= 0.6 is 0 Å². The topological polar surface area (TPSA) is 116 Å². The monoisotopic (exact) mass is 353 g/mol. The largest absolute Gasteiger partial charge is 0.384 e. The summed E-state index contributed by atoms with van der Waals surface area (Å²) in [5.74, 6) is 0.276. The van der Waals surface area contributed by atoms with Gasteiger partial charge in [0.25, 0.3) is 11.6 Å². The number of nitrogens with zero attached hydrogens (tertiary/aromatic N) is 3. The summed E-state index contributed by atoms with van der Waals surface area (Å²) < 4.78 is 2.07. The lowest BCUT2D eigenvalue weighted by Gasteiger charge is -2.10. The number of carbonyl (C=O) groups excluding carboxylic acids is 1. The lowest BCUT2D eigenvalue weighted by Crippen LogP contribution is -2.15. The summed E-state index contributed by atoms with van der Waals surface area (Å²) >= 11 is 0. The minimum atomic E-state index is -0.702. The molecule has 26 heavy (non-hydrogen) atoms. The van der Waals surface area contributed by atoms with E-state index in [1.54, 1.807) is 0 Å². The number of nitrogens with one attached hydrogen (secondary N) is 1. The van der Waals surface area contributed by atoms with Crippen LogP contribution in [0.3, 0.4) is 0 Å². The fourth-order valence-corrected chi connectivity index (χ4v) is 2.89. The van der Waals surface area contributed by atoms with Gasteiger partial charge in [-0.25, -0.2) is 4.98 Å². The van der Waals surface area contributed by atoms with Gasteiger partial charge in [0.05, 0.1) is 21.5 Å². The highest BCUT2D eigenvalue weighted by Gasteiger charge is 2.14. The molecule has 0 atom stereocenters. The minimum Gasteiger partial charge on any atom is -0.384 e. The first-order valence-electron chi connectivity index (χ1n) is 8.20. The number of non-ortho nitro benzene ring substituents is 1. The Morgan fingerprint density at radius 2 is 2.08 bits per heavy atom. The number of amides is 1. The number of anilines is 1. The van der Waals surface area contributed by atoms with Crippen molar-refractivity contribution in [3.05, 3.63) is 64.0 Å². The highest BCUT2D eigenvalue weighted by molar-refractivity contribution is 5.99. The van der Waals surface area contributed by atoms with Crippen molar-refractivity contribution in [1.82, 2.24) is 9.55 Å². The van der Waals surface area contributed by atoms with Gasteiger partial charge in [-0.1, -0.05) is 12.1 Å². The lowest BCUT2D eigenvalue weighted by molar-refractivity contribution is -0.384. The number of nitro groups is 1. The maximum atomic E-state index is 11.5. The van der Waals surface area contributed by atoms with Crippen molar-refractivity contribution in [1.29, 1.82) is 0 Å². The molecule has 0 fully saturated rings. The molecule has 134 valence electrons. The van der Waals surface area contributed by atoms with E-state index in [1.165, 1.54) is 18.2 Å². The molecule has 0 unspecified atom stereocenters. The minimum absolute atomic E-state index is 0.113. The molecule has 3 rings (SSSR count). The van der Waals surface area contributed by atoms with Gasteiger partial charge in [-0.2, -0.15) is 0 Å². The first kappa shape index (κ1) is 17.4. The van der Waals surface area contributed by atoms with E-state index < -0.39 is 10.8 Å². The number of nitrogens with two attached hydrogens (primary N) is 1. The molecule has 3 aromatic rings. The molecule has 0 saturated carbocycles. The second kappa shape index (κ2) is 7.22. The molecule has 8 nitrogen and oxygen atoms in total. The normalized spacial score (nSPS) is 10.8. The molecule has 3 N–H and O–H groups in total. The molecular weight excluding hydrogens is 334 g/mol. The van der Waals surface area contributed by atoms with Crippen LogP contribution in [0, 0.1) is 10.1 Å². The van der Waals surface area contributed by atoms with Gasteiger partial charge in [0, 0.05) is 37.8 Å². The van der Waals surface area contributed by atoms with Crippen molar-refractivity contribution in [2.45, 2.75) is 12.8 Å². The molecule has 1 aromatic heterocycles. The lowest BCUT2D eigenvalue weighted by atomic mass is 10.1. The molecule has 8 heteroatoms. The van der Waals surface area contributed by atoms with Crippen molar-refractivity contribution in [3.63, 3.8) is 0 Å². The third-order valence-corrected chi connectivity index (χ3v) is 4.25. The molecule has 0 saturated heterocycles.